The van der Waals surface area contributed by atoms with E-state index in [1.165, 1.54) is 10.1 Å². The van der Waals surface area contributed by atoms with Gasteiger partial charge in [0.25, 0.3) is 11.7 Å². The van der Waals surface area contributed by atoms with Crippen molar-refractivity contribution in [3.63, 3.8) is 0 Å². The molecule has 0 bridgehead atoms. The molecule has 0 radical (unpaired) electrons. The summed E-state index contributed by atoms with van der Waals surface area (Å²) in [7, 11) is 0. The molecule has 0 aliphatic carbocycles. The first-order chi connectivity index (χ1) is 15.3. The summed E-state index contributed by atoms with van der Waals surface area (Å²) in [5, 5.41) is 7.32. The number of nitrogens with one attached hydrogen (secondary N) is 1. The fraction of sp³-hybridized carbons (Fsp3) is 0.217. The van der Waals surface area contributed by atoms with Crippen LogP contribution in [-0.4, -0.2) is 38.7 Å². The molecule has 5 rings (SSSR count). The Labute approximate surface area is 178 Å². The van der Waals surface area contributed by atoms with Crippen LogP contribution >= 0.6 is 0 Å². The summed E-state index contributed by atoms with van der Waals surface area (Å²) in [6.45, 7) is 1.05. The van der Waals surface area contributed by atoms with Gasteiger partial charge < -0.3 is 14.8 Å². The van der Waals surface area contributed by atoms with Gasteiger partial charge in [-0.25, -0.2) is 9.50 Å². The zero-order valence-electron chi connectivity index (χ0n) is 16.8. The molecule has 0 saturated carbocycles. The van der Waals surface area contributed by atoms with E-state index in [0.29, 0.717) is 31.2 Å². The second kappa shape index (κ2) is 8.43. The minimum atomic E-state index is -0.349. The van der Waals surface area contributed by atoms with Crippen molar-refractivity contribution < 1.29 is 14.3 Å². The fourth-order valence-corrected chi connectivity index (χ4v) is 3.61. The number of ether oxygens (including phenoxy) is 2. The molecule has 4 aromatic rings. The van der Waals surface area contributed by atoms with E-state index in [0.717, 1.165) is 17.7 Å². The summed E-state index contributed by atoms with van der Waals surface area (Å²) in [6.07, 6.45) is 4.84. The number of hydrogen-bond donors (Lipinski definition) is 1. The van der Waals surface area contributed by atoms with E-state index in [1.54, 1.807) is 18.5 Å². The normalized spacial score (nSPS) is 13.7. The van der Waals surface area contributed by atoms with Crippen LogP contribution in [0.2, 0.25) is 0 Å². The number of rotatable bonds is 6. The van der Waals surface area contributed by atoms with Crippen molar-refractivity contribution in [2.75, 3.05) is 13.2 Å². The lowest BCUT2D eigenvalue weighted by Crippen LogP contribution is -2.30. The van der Waals surface area contributed by atoms with E-state index in [9.17, 15) is 4.79 Å². The number of hydrogen-bond acceptors (Lipinski definition) is 6. The molecule has 31 heavy (non-hydrogen) atoms. The standard InChI is InChI=1S/C23H21N5O3/c29-22(21-26-23-24-11-4-12-28(23)27-21)25-18(9-7-16-5-2-1-3-6-16)17-8-10-19-20(15-17)31-14-13-30-19/h1-6,8,10-12,15,18H,7,9,13-14H2,(H,25,29). The first kappa shape index (κ1) is 19.0. The summed E-state index contributed by atoms with van der Waals surface area (Å²) in [6, 6.07) is 17.5. The molecule has 1 amide bonds. The number of benzene rings is 2. The summed E-state index contributed by atoms with van der Waals surface area (Å²) in [4.78, 5) is 21.3. The molecule has 1 aliphatic rings. The van der Waals surface area contributed by atoms with Crippen LogP contribution < -0.4 is 14.8 Å². The highest BCUT2D eigenvalue weighted by molar-refractivity contribution is 5.91. The van der Waals surface area contributed by atoms with Gasteiger partial charge in [0, 0.05) is 12.4 Å². The number of nitrogens with zero attached hydrogens (tertiary/aromatic N) is 4. The Kier molecular flexibility index (Phi) is 5.18. The monoisotopic (exact) mass is 415 g/mol. The molecule has 0 saturated heterocycles. The summed E-state index contributed by atoms with van der Waals surface area (Å²) in [5.74, 6) is 1.53. The van der Waals surface area contributed by atoms with Crippen LogP contribution in [0.4, 0.5) is 0 Å². The van der Waals surface area contributed by atoms with Gasteiger partial charge in [-0.2, -0.15) is 4.98 Å². The van der Waals surface area contributed by atoms with Crippen LogP contribution in [0.5, 0.6) is 11.5 Å². The van der Waals surface area contributed by atoms with Crippen LogP contribution in [0.1, 0.15) is 34.2 Å². The molecule has 156 valence electrons. The van der Waals surface area contributed by atoms with Crippen molar-refractivity contribution in [3.05, 3.63) is 83.9 Å². The second-order valence-corrected chi connectivity index (χ2v) is 7.25. The van der Waals surface area contributed by atoms with Crippen LogP contribution in [0.15, 0.2) is 67.0 Å². The second-order valence-electron chi connectivity index (χ2n) is 7.25. The maximum absolute atomic E-state index is 13.0. The lowest BCUT2D eigenvalue weighted by atomic mass is 9.98. The fourth-order valence-electron chi connectivity index (χ4n) is 3.61. The van der Waals surface area contributed by atoms with E-state index in [2.05, 4.69) is 32.5 Å². The molecule has 0 fully saturated rings. The smallest absolute Gasteiger partial charge is 0.291 e. The maximum atomic E-state index is 13.0. The van der Waals surface area contributed by atoms with Gasteiger partial charge >= 0.3 is 0 Å². The van der Waals surface area contributed by atoms with Gasteiger partial charge in [-0.1, -0.05) is 36.4 Å². The Morgan fingerprint density at radius 3 is 2.74 bits per heavy atom. The lowest BCUT2D eigenvalue weighted by molar-refractivity contribution is 0.0924. The zero-order valence-corrected chi connectivity index (χ0v) is 16.8. The Morgan fingerprint density at radius 2 is 1.90 bits per heavy atom. The van der Waals surface area contributed by atoms with Crippen molar-refractivity contribution in [3.8, 4) is 11.5 Å². The number of carbonyl (C=O) groups excluding carboxylic acids is 1. The number of fused-ring (bicyclic) bond motifs is 2. The predicted molar refractivity (Wildman–Crippen MR) is 113 cm³/mol. The van der Waals surface area contributed by atoms with E-state index >= 15 is 0 Å². The number of aromatic nitrogens is 4. The largest absolute Gasteiger partial charge is 0.486 e. The Balaban J connectivity index is 1.40. The highest BCUT2D eigenvalue weighted by Gasteiger charge is 2.22. The molecule has 3 heterocycles. The SMILES string of the molecule is O=C(NC(CCc1ccccc1)c1ccc2c(c1)OCCO2)c1nc2ncccn2n1. The Hall–Kier alpha value is -3.94. The molecule has 8 heteroatoms. The van der Waals surface area contributed by atoms with E-state index < -0.39 is 0 Å². The lowest BCUT2D eigenvalue weighted by Gasteiger charge is -2.23. The summed E-state index contributed by atoms with van der Waals surface area (Å²) >= 11 is 0. The molecule has 2 aromatic heterocycles. The van der Waals surface area contributed by atoms with E-state index in [-0.39, 0.29) is 17.8 Å². The average molecular weight is 415 g/mol. The minimum absolute atomic E-state index is 0.0842. The summed E-state index contributed by atoms with van der Waals surface area (Å²) < 4.78 is 12.8. The molecular formula is C23H21N5O3. The van der Waals surface area contributed by atoms with Crippen LogP contribution in [0.3, 0.4) is 0 Å². The van der Waals surface area contributed by atoms with Gasteiger partial charge in [0.05, 0.1) is 6.04 Å². The molecule has 1 atom stereocenters. The van der Waals surface area contributed by atoms with Gasteiger partial charge in [0.1, 0.15) is 13.2 Å². The molecule has 8 nitrogen and oxygen atoms in total. The van der Waals surface area contributed by atoms with E-state index in [1.807, 2.05) is 36.4 Å². The minimum Gasteiger partial charge on any atom is -0.486 e. The molecule has 0 spiro atoms. The Bertz CT molecular complexity index is 1180. The molecule has 2 aromatic carbocycles. The van der Waals surface area contributed by atoms with Crippen molar-refractivity contribution in [2.45, 2.75) is 18.9 Å². The van der Waals surface area contributed by atoms with Gasteiger partial charge in [-0.05, 0) is 42.2 Å². The molecule has 1 unspecified atom stereocenters. The van der Waals surface area contributed by atoms with Gasteiger partial charge in [-0.15, -0.1) is 5.10 Å². The van der Waals surface area contributed by atoms with Gasteiger partial charge in [0.2, 0.25) is 5.82 Å². The van der Waals surface area contributed by atoms with Crippen molar-refractivity contribution >= 4 is 11.7 Å². The highest BCUT2D eigenvalue weighted by atomic mass is 16.6. The topological polar surface area (TPSA) is 90.6 Å². The third-order valence-electron chi connectivity index (χ3n) is 5.16. The van der Waals surface area contributed by atoms with Crippen molar-refractivity contribution in [2.24, 2.45) is 0 Å². The van der Waals surface area contributed by atoms with Crippen molar-refractivity contribution in [1.82, 2.24) is 24.9 Å². The van der Waals surface area contributed by atoms with Crippen LogP contribution in [-0.2, 0) is 6.42 Å². The number of carbonyl (C=O) groups is 1. The van der Waals surface area contributed by atoms with Crippen LogP contribution in [0, 0.1) is 0 Å². The van der Waals surface area contributed by atoms with Crippen molar-refractivity contribution in [1.29, 1.82) is 0 Å². The Morgan fingerprint density at radius 1 is 1.06 bits per heavy atom. The van der Waals surface area contributed by atoms with Gasteiger partial charge in [-0.3, -0.25) is 4.79 Å². The number of aryl methyl sites for hydroxylation is 1. The first-order valence-electron chi connectivity index (χ1n) is 10.2. The summed E-state index contributed by atoms with van der Waals surface area (Å²) in [5.41, 5.74) is 2.14. The zero-order chi connectivity index (χ0) is 21.0. The predicted octanol–water partition coefficient (Wildman–Crippen LogP) is 3.00. The molecular weight excluding hydrogens is 394 g/mol. The van der Waals surface area contributed by atoms with Gasteiger partial charge in [0.15, 0.2) is 11.5 Å². The molecule has 1 aliphatic heterocycles. The van der Waals surface area contributed by atoms with E-state index in [4.69, 9.17) is 9.47 Å². The third kappa shape index (κ3) is 4.18. The van der Waals surface area contributed by atoms with Crippen LogP contribution in [0.25, 0.3) is 5.78 Å². The first-order valence-corrected chi connectivity index (χ1v) is 10.2. The maximum Gasteiger partial charge on any atom is 0.291 e. The highest BCUT2D eigenvalue weighted by Crippen LogP contribution is 2.33. The average Bonchev–Trinajstić information content (AvgIpc) is 3.26. The third-order valence-corrected chi connectivity index (χ3v) is 5.16. The number of amides is 1. The quantitative estimate of drug-likeness (QED) is 0.521. The molecule has 1 N–H and O–H groups in total.